The smallest absolute Gasteiger partial charge is 0.202 e. The fourth-order valence-electron chi connectivity index (χ4n) is 1.47. The molecule has 0 atom stereocenters. The van der Waals surface area contributed by atoms with Crippen LogP contribution in [0.5, 0.6) is 0 Å². The van der Waals surface area contributed by atoms with Crippen LogP contribution in [0, 0.1) is 5.92 Å². The highest BCUT2D eigenvalue weighted by atomic mass is 16.5. The number of anilines is 1. The summed E-state index contributed by atoms with van der Waals surface area (Å²) in [7, 11) is 1.73. The highest BCUT2D eigenvalue weighted by molar-refractivity contribution is 5.25. The van der Waals surface area contributed by atoms with Crippen molar-refractivity contribution in [2.75, 3.05) is 25.6 Å². The first kappa shape index (κ1) is 13.0. The van der Waals surface area contributed by atoms with Crippen molar-refractivity contribution in [1.29, 1.82) is 0 Å². The van der Waals surface area contributed by atoms with Crippen LogP contribution in [0.15, 0.2) is 12.4 Å². The molecule has 0 aliphatic rings. The lowest BCUT2D eigenvalue weighted by molar-refractivity contribution is 0.197. The highest BCUT2D eigenvalue weighted by Gasteiger charge is 2.02. The molecule has 0 saturated heterocycles. The van der Waals surface area contributed by atoms with E-state index in [4.69, 9.17) is 4.74 Å². The molecule has 16 heavy (non-hydrogen) atoms. The van der Waals surface area contributed by atoms with Crippen molar-refractivity contribution in [2.24, 2.45) is 5.92 Å². The Morgan fingerprint density at radius 1 is 1.50 bits per heavy atom. The molecule has 1 aromatic heterocycles. The number of nitrogens with zero attached hydrogens (tertiary/aromatic N) is 2. The molecule has 4 nitrogen and oxygen atoms in total. The molecule has 92 valence electrons. The first-order chi connectivity index (χ1) is 7.74. The van der Waals surface area contributed by atoms with E-state index >= 15 is 0 Å². The second kappa shape index (κ2) is 7.28. The van der Waals surface area contributed by atoms with Crippen LogP contribution >= 0.6 is 0 Å². The summed E-state index contributed by atoms with van der Waals surface area (Å²) in [4.78, 5) is 4.30. The standard InChI is InChI=1S/C12H23N3O/c1-11(2)5-8-15-9-7-14-12(15)13-6-4-10-16-3/h7,9,11H,4-6,8,10H2,1-3H3,(H,13,14). The molecular weight excluding hydrogens is 202 g/mol. The molecule has 0 bridgehead atoms. The summed E-state index contributed by atoms with van der Waals surface area (Å²) < 4.78 is 7.18. The average Bonchev–Trinajstić information content (AvgIpc) is 2.69. The van der Waals surface area contributed by atoms with Gasteiger partial charge in [-0.2, -0.15) is 0 Å². The summed E-state index contributed by atoms with van der Waals surface area (Å²) in [6.07, 6.45) is 6.07. The summed E-state index contributed by atoms with van der Waals surface area (Å²) in [5, 5.41) is 3.32. The van der Waals surface area contributed by atoms with Crippen LogP contribution in [0.2, 0.25) is 0 Å². The zero-order valence-corrected chi connectivity index (χ0v) is 10.6. The molecule has 1 heterocycles. The number of hydrogen-bond acceptors (Lipinski definition) is 3. The molecule has 0 unspecified atom stereocenters. The summed E-state index contributed by atoms with van der Waals surface area (Å²) in [5.74, 6) is 1.69. The zero-order chi connectivity index (χ0) is 11.8. The van der Waals surface area contributed by atoms with Gasteiger partial charge in [0.25, 0.3) is 0 Å². The van der Waals surface area contributed by atoms with Crippen molar-refractivity contribution in [3.05, 3.63) is 12.4 Å². The predicted octanol–water partition coefficient (Wildman–Crippen LogP) is 2.38. The number of imidazole rings is 1. The van der Waals surface area contributed by atoms with Gasteiger partial charge in [0, 0.05) is 39.2 Å². The fraction of sp³-hybridized carbons (Fsp3) is 0.750. The lowest BCUT2D eigenvalue weighted by atomic mass is 10.1. The van der Waals surface area contributed by atoms with Gasteiger partial charge in [0.05, 0.1) is 0 Å². The van der Waals surface area contributed by atoms with Gasteiger partial charge in [0.15, 0.2) is 0 Å². The molecule has 0 aromatic carbocycles. The van der Waals surface area contributed by atoms with Gasteiger partial charge >= 0.3 is 0 Å². The van der Waals surface area contributed by atoms with Gasteiger partial charge in [-0.3, -0.25) is 0 Å². The topological polar surface area (TPSA) is 39.1 Å². The summed E-state index contributed by atoms with van der Waals surface area (Å²) >= 11 is 0. The van der Waals surface area contributed by atoms with Gasteiger partial charge < -0.3 is 14.6 Å². The van der Waals surface area contributed by atoms with E-state index < -0.39 is 0 Å². The van der Waals surface area contributed by atoms with E-state index in [2.05, 4.69) is 28.7 Å². The lowest BCUT2D eigenvalue weighted by Gasteiger charge is -2.10. The number of rotatable bonds is 8. The maximum atomic E-state index is 5.00. The monoisotopic (exact) mass is 225 g/mol. The van der Waals surface area contributed by atoms with Crippen LogP contribution in [-0.4, -0.2) is 29.8 Å². The van der Waals surface area contributed by atoms with Crippen molar-refractivity contribution >= 4 is 5.95 Å². The Bertz CT molecular complexity index is 284. The lowest BCUT2D eigenvalue weighted by Crippen LogP contribution is -2.11. The number of aromatic nitrogens is 2. The number of aryl methyl sites for hydroxylation is 1. The Kier molecular flexibility index (Phi) is 5.93. The molecular formula is C12H23N3O. The van der Waals surface area contributed by atoms with E-state index in [1.54, 1.807) is 7.11 Å². The zero-order valence-electron chi connectivity index (χ0n) is 10.6. The largest absolute Gasteiger partial charge is 0.385 e. The van der Waals surface area contributed by atoms with Crippen LogP contribution in [0.1, 0.15) is 26.7 Å². The Morgan fingerprint density at radius 2 is 2.31 bits per heavy atom. The molecule has 0 saturated carbocycles. The van der Waals surface area contributed by atoms with Gasteiger partial charge in [-0.1, -0.05) is 13.8 Å². The summed E-state index contributed by atoms with van der Waals surface area (Å²) in [5.41, 5.74) is 0. The third-order valence-electron chi connectivity index (χ3n) is 2.47. The minimum absolute atomic E-state index is 0.726. The van der Waals surface area contributed by atoms with Crippen LogP contribution in [0.25, 0.3) is 0 Å². The molecule has 0 radical (unpaired) electrons. The second-order valence-corrected chi connectivity index (χ2v) is 4.40. The molecule has 0 amide bonds. The van der Waals surface area contributed by atoms with Gasteiger partial charge in [0.1, 0.15) is 0 Å². The van der Waals surface area contributed by atoms with E-state index in [9.17, 15) is 0 Å². The van der Waals surface area contributed by atoms with Crippen molar-refractivity contribution in [2.45, 2.75) is 33.2 Å². The fourth-order valence-corrected chi connectivity index (χ4v) is 1.47. The average molecular weight is 225 g/mol. The van der Waals surface area contributed by atoms with Crippen molar-refractivity contribution in [3.63, 3.8) is 0 Å². The molecule has 1 aromatic rings. The molecule has 0 spiro atoms. The van der Waals surface area contributed by atoms with Crippen LogP contribution in [0.4, 0.5) is 5.95 Å². The Labute approximate surface area is 98.0 Å². The minimum atomic E-state index is 0.726. The van der Waals surface area contributed by atoms with Crippen molar-refractivity contribution in [1.82, 2.24) is 9.55 Å². The van der Waals surface area contributed by atoms with Gasteiger partial charge in [-0.25, -0.2) is 4.98 Å². The molecule has 1 rings (SSSR count). The first-order valence-electron chi connectivity index (χ1n) is 5.98. The Morgan fingerprint density at radius 3 is 3.00 bits per heavy atom. The highest BCUT2D eigenvalue weighted by Crippen LogP contribution is 2.08. The Balaban J connectivity index is 2.32. The minimum Gasteiger partial charge on any atom is -0.385 e. The number of methoxy groups -OCH3 is 1. The maximum Gasteiger partial charge on any atom is 0.202 e. The van der Waals surface area contributed by atoms with Crippen molar-refractivity contribution in [3.8, 4) is 0 Å². The maximum absolute atomic E-state index is 5.00. The van der Waals surface area contributed by atoms with E-state index in [1.807, 2.05) is 12.4 Å². The molecule has 0 aliphatic heterocycles. The number of hydrogen-bond donors (Lipinski definition) is 1. The molecule has 0 fully saturated rings. The molecule has 1 N–H and O–H groups in total. The summed E-state index contributed by atoms with van der Waals surface area (Å²) in [6, 6.07) is 0. The van der Waals surface area contributed by atoms with Crippen LogP contribution < -0.4 is 5.32 Å². The quantitative estimate of drug-likeness (QED) is 0.690. The number of ether oxygens (including phenoxy) is 1. The molecule has 0 aliphatic carbocycles. The predicted molar refractivity (Wildman–Crippen MR) is 66.7 cm³/mol. The summed E-state index contributed by atoms with van der Waals surface area (Å²) in [6.45, 7) is 7.21. The van der Waals surface area contributed by atoms with Gasteiger partial charge in [0.2, 0.25) is 5.95 Å². The molecule has 4 heteroatoms. The van der Waals surface area contributed by atoms with Crippen molar-refractivity contribution < 1.29 is 4.74 Å². The normalized spacial score (nSPS) is 11.0. The van der Waals surface area contributed by atoms with E-state index in [0.29, 0.717) is 0 Å². The van der Waals surface area contributed by atoms with E-state index in [0.717, 1.165) is 38.0 Å². The van der Waals surface area contributed by atoms with Crippen LogP contribution in [-0.2, 0) is 11.3 Å². The van der Waals surface area contributed by atoms with Gasteiger partial charge in [-0.15, -0.1) is 0 Å². The third kappa shape index (κ3) is 4.66. The van der Waals surface area contributed by atoms with E-state index in [-0.39, 0.29) is 0 Å². The SMILES string of the molecule is COCCCNc1nccn1CCC(C)C. The first-order valence-corrected chi connectivity index (χ1v) is 5.98. The third-order valence-corrected chi connectivity index (χ3v) is 2.47. The number of nitrogens with one attached hydrogen (secondary N) is 1. The Hall–Kier alpha value is -1.03. The van der Waals surface area contributed by atoms with Gasteiger partial charge in [-0.05, 0) is 18.8 Å². The second-order valence-electron chi connectivity index (χ2n) is 4.40. The van der Waals surface area contributed by atoms with E-state index in [1.165, 1.54) is 6.42 Å². The van der Waals surface area contributed by atoms with Crippen LogP contribution in [0.3, 0.4) is 0 Å².